The molecule has 0 aromatic carbocycles. The topological polar surface area (TPSA) is 98.9 Å². The third-order valence-electron chi connectivity index (χ3n) is 3.04. The standard InChI is InChI=1S/C15H22N2O6/c1-5-22-14(19)7-6-13(18)17(10(2)3)8-12-16-11(9-23-12)15(20)21-4/h9-10H,5-8H2,1-4H3. The normalized spacial score (nSPS) is 10.5. The Kier molecular flexibility index (Phi) is 7.24. The first-order valence-corrected chi connectivity index (χ1v) is 7.36. The van der Waals surface area contributed by atoms with Crippen LogP contribution in [0.1, 0.15) is 50.0 Å². The number of hydrogen-bond donors (Lipinski definition) is 0. The van der Waals surface area contributed by atoms with Gasteiger partial charge >= 0.3 is 11.9 Å². The van der Waals surface area contributed by atoms with Crippen LogP contribution in [0.4, 0.5) is 0 Å². The Labute approximate surface area is 134 Å². The Morgan fingerprint density at radius 3 is 2.57 bits per heavy atom. The average molecular weight is 326 g/mol. The molecule has 1 amide bonds. The van der Waals surface area contributed by atoms with Crippen molar-refractivity contribution < 1.29 is 28.3 Å². The Morgan fingerprint density at radius 2 is 2.00 bits per heavy atom. The zero-order valence-electron chi connectivity index (χ0n) is 13.8. The van der Waals surface area contributed by atoms with Gasteiger partial charge in [-0.05, 0) is 20.8 Å². The van der Waals surface area contributed by atoms with E-state index in [4.69, 9.17) is 9.15 Å². The third-order valence-corrected chi connectivity index (χ3v) is 3.04. The molecule has 0 radical (unpaired) electrons. The van der Waals surface area contributed by atoms with Gasteiger partial charge in [-0.2, -0.15) is 0 Å². The van der Waals surface area contributed by atoms with Crippen molar-refractivity contribution in [3.05, 3.63) is 17.8 Å². The Bertz CT molecular complexity index is 552. The van der Waals surface area contributed by atoms with Crippen LogP contribution in [0.5, 0.6) is 0 Å². The summed E-state index contributed by atoms with van der Waals surface area (Å²) in [5, 5.41) is 0. The molecule has 0 bridgehead atoms. The quantitative estimate of drug-likeness (QED) is 0.668. The van der Waals surface area contributed by atoms with Gasteiger partial charge in [0.2, 0.25) is 11.8 Å². The molecule has 0 aliphatic heterocycles. The maximum absolute atomic E-state index is 12.3. The van der Waals surface area contributed by atoms with Crippen LogP contribution in [0.25, 0.3) is 0 Å². The minimum absolute atomic E-state index is 0.0227. The summed E-state index contributed by atoms with van der Waals surface area (Å²) < 4.78 is 14.5. The molecule has 0 unspecified atom stereocenters. The van der Waals surface area contributed by atoms with Gasteiger partial charge in [-0.25, -0.2) is 9.78 Å². The van der Waals surface area contributed by atoms with E-state index in [0.29, 0.717) is 0 Å². The van der Waals surface area contributed by atoms with Gasteiger partial charge in [-0.15, -0.1) is 0 Å². The maximum Gasteiger partial charge on any atom is 0.360 e. The summed E-state index contributed by atoms with van der Waals surface area (Å²) in [7, 11) is 1.25. The molecule has 0 spiro atoms. The van der Waals surface area contributed by atoms with Gasteiger partial charge in [-0.1, -0.05) is 0 Å². The van der Waals surface area contributed by atoms with Crippen molar-refractivity contribution in [2.45, 2.75) is 46.2 Å². The van der Waals surface area contributed by atoms with Crippen molar-refractivity contribution in [2.75, 3.05) is 13.7 Å². The average Bonchev–Trinajstić information content (AvgIpc) is 2.98. The van der Waals surface area contributed by atoms with Crippen LogP contribution in [-0.4, -0.2) is 47.5 Å². The van der Waals surface area contributed by atoms with Crippen LogP contribution in [0.15, 0.2) is 10.7 Å². The number of carbonyl (C=O) groups excluding carboxylic acids is 3. The van der Waals surface area contributed by atoms with E-state index in [0.717, 1.165) is 0 Å². The van der Waals surface area contributed by atoms with E-state index in [1.165, 1.54) is 18.3 Å². The van der Waals surface area contributed by atoms with Gasteiger partial charge in [0.1, 0.15) is 6.26 Å². The second-order valence-electron chi connectivity index (χ2n) is 5.04. The Balaban J connectivity index is 2.67. The number of amides is 1. The van der Waals surface area contributed by atoms with E-state index in [1.807, 2.05) is 13.8 Å². The van der Waals surface area contributed by atoms with Crippen LogP contribution < -0.4 is 0 Å². The van der Waals surface area contributed by atoms with Crippen molar-refractivity contribution in [3.8, 4) is 0 Å². The minimum atomic E-state index is -0.607. The second-order valence-corrected chi connectivity index (χ2v) is 5.04. The molecule has 0 saturated heterocycles. The number of nitrogens with zero attached hydrogens (tertiary/aromatic N) is 2. The lowest BCUT2D eigenvalue weighted by Gasteiger charge is -2.25. The maximum atomic E-state index is 12.3. The van der Waals surface area contributed by atoms with Crippen molar-refractivity contribution in [2.24, 2.45) is 0 Å². The van der Waals surface area contributed by atoms with Crippen molar-refractivity contribution >= 4 is 17.8 Å². The highest BCUT2D eigenvalue weighted by Crippen LogP contribution is 2.12. The summed E-state index contributed by atoms with van der Waals surface area (Å²) in [5.74, 6) is -1.01. The fourth-order valence-corrected chi connectivity index (χ4v) is 1.87. The molecule has 8 nitrogen and oxygen atoms in total. The molecule has 8 heteroatoms. The van der Waals surface area contributed by atoms with Gasteiger partial charge < -0.3 is 18.8 Å². The van der Waals surface area contributed by atoms with E-state index in [-0.39, 0.29) is 49.5 Å². The smallest absolute Gasteiger partial charge is 0.360 e. The van der Waals surface area contributed by atoms with Gasteiger partial charge in [0, 0.05) is 12.5 Å². The molecule has 1 rings (SSSR count). The fraction of sp³-hybridized carbons (Fsp3) is 0.600. The minimum Gasteiger partial charge on any atom is -0.466 e. The number of hydrogen-bond acceptors (Lipinski definition) is 7. The monoisotopic (exact) mass is 326 g/mol. The zero-order valence-corrected chi connectivity index (χ0v) is 13.8. The summed E-state index contributed by atoms with van der Waals surface area (Å²) in [4.78, 5) is 40.4. The Morgan fingerprint density at radius 1 is 1.30 bits per heavy atom. The first-order chi connectivity index (χ1) is 10.9. The highest BCUT2D eigenvalue weighted by Gasteiger charge is 2.22. The van der Waals surface area contributed by atoms with Crippen molar-refractivity contribution in [1.29, 1.82) is 0 Å². The van der Waals surface area contributed by atoms with E-state index < -0.39 is 11.9 Å². The first-order valence-electron chi connectivity index (χ1n) is 7.36. The van der Waals surface area contributed by atoms with Crippen LogP contribution in [-0.2, 0) is 25.6 Å². The molecule has 1 aromatic heterocycles. The largest absolute Gasteiger partial charge is 0.466 e. The summed E-state index contributed by atoms with van der Waals surface area (Å²) in [6.07, 6.45) is 1.25. The molecular formula is C15H22N2O6. The number of esters is 2. The molecule has 0 saturated carbocycles. The lowest BCUT2D eigenvalue weighted by Crippen LogP contribution is -2.36. The highest BCUT2D eigenvalue weighted by molar-refractivity contribution is 5.86. The molecule has 0 fully saturated rings. The summed E-state index contributed by atoms with van der Waals surface area (Å²) >= 11 is 0. The molecule has 0 N–H and O–H groups in total. The van der Waals surface area contributed by atoms with Crippen molar-refractivity contribution in [3.63, 3.8) is 0 Å². The lowest BCUT2D eigenvalue weighted by molar-refractivity contribution is -0.146. The predicted octanol–water partition coefficient (Wildman–Crippen LogP) is 1.54. The van der Waals surface area contributed by atoms with Crippen molar-refractivity contribution in [1.82, 2.24) is 9.88 Å². The van der Waals surface area contributed by atoms with Gasteiger partial charge in [-0.3, -0.25) is 9.59 Å². The van der Waals surface area contributed by atoms with Crippen LogP contribution >= 0.6 is 0 Å². The van der Waals surface area contributed by atoms with Gasteiger partial charge in [0.15, 0.2) is 5.69 Å². The predicted molar refractivity (Wildman–Crippen MR) is 79.4 cm³/mol. The van der Waals surface area contributed by atoms with E-state index in [2.05, 4.69) is 9.72 Å². The summed E-state index contributed by atoms with van der Waals surface area (Å²) in [6, 6.07) is -0.113. The summed E-state index contributed by atoms with van der Waals surface area (Å²) in [6.45, 7) is 5.78. The number of rotatable bonds is 8. The summed E-state index contributed by atoms with van der Waals surface area (Å²) in [5.41, 5.74) is 0.0465. The molecule has 128 valence electrons. The number of methoxy groups -OCH3 is 1. The van der Waals surface area contributed by atoms with Crippen LogP contribution in [0.2, 0.25) is 0 Å². The van der Waals surface area contributed by atoms with E-state index >= 15 is 0 Å². The van der Waals surface area contributed by atoms with E-state index in [1.54, 1.807) is 6.92 Å². The first kappa shape index (κ1) is 18.7. The Hall–Kier alpha value is -2.38. The molecule has 0 aliphatic rings. The molecule has 1 aromatic rings. The lowest BCUT2D eigenvalue weighted by atomic mass is 10.2. The highest BCUT2D eigenvalue weighted by atomic mass is 16.5. The second kappa shape index (κ2) is 8.92. The number of aromatic nitrogens is 1. The molecule has 1 heterocycles. The van der Waals surface area contributed by atoms with Crippen LogP contribution in [0.3, 0.4) is 0 Å². The third kappa shape index (κ3) is 5.72. The molecule has 0 atom stereocenters. The van der Waals surface area contributed by atoms with Gasteiger partial charge in [0.05, 0.1) is 26.7 Å². The molecule has 0 aliphatic carbocycles. The molecular weight excluding hydrogens is 304 g/mol. The van der Waals surface area contributed by atoms with E-state index in [9.17, 15) is 14.4 Å². The van der Waals surface area contributed by atoms with Crippen LogP contribution in [0, 0.1) is 0 Å². The number of ether oxygens (including phenoxy) is 2. The zero-order chi connectivity index (χ0) is 17.4. The SMILES string of the molecule is CCOC(=O)CCC(=O)N(Cc1nc(C(=O)OC)co1)C(C)C. The van der Waals surface area contributed by atoms with Gasteiger partial charge in [0.25, 0.3) is 0 Å². The molecule has 23 heavy (non-hydrogen) atoms. The fourth-order valence-electron chi connectivity index (χ4n) is 1.87. The number of carbonyl (C=O) groups is 3. The number of oxazole rings is 1.